The lowest BCUT2D eigenvalue weighted by Crippen LogP contribution is -2.52. The van der Waals surface area contributed by atoms with Crippen LogP contribution in [0, 0.1) is 11.3 Å². The Morgan fingerprint density at radius 3 is 2.35 bits per heavy atom. The third-order valence-electron chi connectivity index (χ3n) is 5.44. The third kappa shape index (κ3) is 4.65. The van der Waals surface area contributed by atoms with E-state index in [1.807, 2.05) is 11.1 Å². The van der Waals surface area contributed by atoms with Crippen LogP contribution in [0.5, 0.6) is 0 Å². The topological polar surface area (TPSA) is 58.4 Å². The molecule has 0 aromatic rings. The van der Waals surface area contributed by atoms with Crippen LogP contribution in [0.4, 0.5) is 0 Å². The minimum absolute atomic E-state index is 0.136. The Morgan fingerprint density at radius 1 is 1.17 bits per heavy atom. The normalized spacial score (nSPS) is 25.5. The van der Waals surface area contributed by atoms with Gasteiger partial charge in [-0.15, -0.1) is 0 Å². The molecule has 4 nitrogen and oxygen atoms in total. The molecular formula is C19H35N3O. The van der Waals surface area contributed by atoms with Crippen molar-refractivity contribution in [2.45, 2.75) is 84.7 Å². The van der Waals surface area contributed by atoms with Gasteiger partial charge in [0, 0.05) is 24.5 Å². The van der Waals surface area contributed by atoms with Gasteiger partial charge in [-0.05, 0) is 43.9 Å². The van der Waals surface area contributed by atoms with Crippen molar-refractivity contribution in [2.75, 3.05) is 6.54 Å². The zero-order valence-corrected chi connectivity index (χ0v) is 15.4. The van der Waals surface area contributed by atoms with E-state index in [-0.39, 0.29) is 17.4 Å². The average Bonchev–Trinajstić information content (AvgIpc) is 2.92. The molecule has 0 aromatic carbocycles. The predicted molar refractivity (Wildman–Crippen MR) is 95.6 cm³/mol. The highest BCUT2D eigenvalue weighted by molar-refractivity contribution is 5.83. The molecule has 2 fully saturated rings. The molecule has 4 heteroatoms. The number of hydrogen-bond acceptors (Lipinski definition) is 3. The van der Waals surface area contributed by atoms with Crippen molar-refractivity contribution in [3.05, 3.63) is 11.9 Å². The van der Waals surface area contributed by atoms with Gasteiger partial charge in [0.15, 0.2) is 0 Å². The van der Waals surface area contributed by atoms with Gasteiger partial charge in [-0.25, -0.2) is 0 Å². The van der Waals surface area contributed by atoms with Crippen molar-refractivity contribution in [1.82, 2.24) is 10.2 Å². The van der Waals surface area contributed by atoms with E-state index in [1.54, 1.807) is 0 Å². The summed E-state index contributed by atoms with van der Waals surface area (Å²) in [5.41, 5.74) is 7.08. The van der Waals surface area contributed by atoms with Crippen LogP contribution in [-0.2, 0) is 4.79 Å². The van der Waals surface area contributed by atoms with Gasteiger partial charge in [0.05, 0.1) is 0 Å². The number of nitrogens with one attached hydrogen (secondary N) is 1. The smallest absolute Gasteiger partial charge is 0.245 e. The standard InChI is InChI=1S/C19H35N3O/c1-14-9-8-12-22(14)18(23)17(19(2,3)4)21-13-16(20)15-10-6-5-7-11-15/h13-15,17,21H,5-12,20H2,1-4H3/b16-13-. The van der Waals surface area contributed by atoms with Gasteiger partial charge in [-0.1, -0.05) is 40.0 Å². The minimum atomic E-state index is -0.217. The van der Waals surface area contributed by atoms with Gasteiger partial charge in [-0.3, -0.25) is 4.79 Å². The SMILES string of the molecule is CC1CCCN1C(=O)C(N/C=C(\N)C1CCCCC1)C(C)(C)C. The molecular weight excluding hydrogens is 286 g/mol. The van der Waals surface area contributed by atoms with E-state index in [0.29, 0.717) is 12.0 Å². The molecule has 0 aromatic heterocycles. The maximum Gasteiger partial charge on any atom is 0.245 e. The zero-order chi connectivity index (χ0) is 17.0. The first-order valence-corrected chi connectivity index (χ1v) is 9.32. The molecule has 2 atom stereocenters. The van der Waals surface area contributed by atoms with E-state index >= 15 is 0 Å². The van der Waals surface area contributed by atoms with Gasteiger partial charge in [-0.2, -0.15) is 0 Å². The number of carbonyl (C=O) groups excluding carboxylic acids is 1. The van der Waals surface area contributed by atoms with Crippen LogP contribution in [0.15, 0.2) is 11.9 Å². The molecule has 1 heterocycles. The molecule has 23 heavy (non-hydrogen) atoms. The average molecular weight is 322 g/mol. The van der Waals surface area contributed by atoms with Gasteiger partial charge in [0.25, 0.3) is 0 Å². The highest BCUT2D eigenvalue weighted by Crippen LogP contribution is 2.28. The second kappa shape index (κ2) is 7.59. The molecule has 2 unspecified atom stereocenters. The van der Waals surface area contributed by atoms with Gasteiger partial charge in [0.2, 0.25) is 5.91 Å². The summed E-state index contributed by atoms with van der Waals surface area (Å²) in [6.07, 6.45) is 10.4. The zero-order valence-electron chi connectivity index (χ0n) is 15.4. The molecule has 1 amide bonds. The van der Waals surface area contributed by atoms with Crippen molar-refractivity contribution in [3.63, 3.8) is 0 Å². The Balaban J connectivity index is 2.05. The second-order valence-corrected chi connectivity index (χ2v) is 8.47. The van der Waals surface area contributed by atoms with Crippen LogP contribution >= 0.6 is 0 Å². The molecule has 132 valence electrons. The Morgan fingerprint density at radius 2 is 1.83 bits per heavy atom. The number of rotatable bonds is 4. The summed E-state index contributed by atoms with van der Waals surface area (Å²) < 4.78 is 0. The Bertz CT molecular complexity index is 432. The largest absolute Gasteiger partial charge is 0.401 e. The molecule has 1 aliphatic heterocycles. The van der Waals surface area contributed by atoms with Crippen LogP contribution in [0.25, 0.3) is 0 Å². The summed E-state index contributed by atoms with van der Waals surface area (Å²) in [7, 11) is 0. The number of amides is 1. The predicted octanol–water partition coefficient (Wildman–Crippen LogP) is 3.38. The molecule has 2 rings (SSSR count). The quantitative estimate of drug-likeness (QED) is 0.834. The molecule has 1 saturated heterocycles. The van der Waals surface area contributed by atoms with Gasteiger partial charge >= 0.3 is 0 Å². The summed E-state index contributed by atoms with van der Waals surface area (Å²) in [6.45, 7) is 9.39. The van der Waals surface area contributed by atoms with E-state index in [4.69, 9.17) is 5.73 Å². The van der Waals surface area contributed by atoms with Crippen molar-refractivity contribution in [1.29, 1.82) is 0 Å². The van der Waals surface area contributed by atoms with Crippen molar-refractivity contribution < 1.29 is 4.79 Å². The number of carbonyl (C=O) groups is 1. The van der Waals surface area contributed by atoms with Crippen molar-refractivity contribution >= 4 is 5.91 Å². The second-order valence-electron chi connectivity index (χ2n) is 8.47. The van der Waals surface area contributed by atoms with E-state index in [2.05, 4.69) is 33.0 Å². The summed E-state index contributed by atoms with van der Waals surface area (Å²) in [5, 5.41) is 3.38. The highest BCUT2D eigenvalue weighted by Gasteiger charge is 2.37. The molecule has 0 bridgehead atoms. The number of likely N-dealkylation sites (tertiary alicyclic amines) is 1. The Hall–Kier alpha value is -1.19. The number of allylic oxidation sites excluding steroid dienone is 1. The van der Waals surface area contributed by atoms with Crippen LogP contribution in [-0.4, -0.2) is 29.4 Å². The molecule has 1 aliphatic carbocycles. The maximum atomic E-state index is 13.0. The van der Waals surface area contributed by atoms with Crippen molar-refractivity contribution in [3.8, 4) is 0 Å². The lowest BCUT2D eigenvalue weighted by Gasteiger charge is -2.35. The van der Waals surface area contributed by atoms with Crippen LogP contribution in [0.3, 0.4) is 0 Å². The first-order valence-electron chi connectivity index (χ1n) is 9.32. The first-order chi connectivity index (χ1) is 10.8. The summed E-state index contributed by atoms with van der Waals surface area (Å²) in [4.78, 5) is 15.0. The minimum Gasteiger partial charge on any atom is -0.401 e. The van der Waals surface area contributed by atoms with E-state index in [1.165, 1.54) is 32.1 Å². The van der Waals surface area contributed by atoms with Gasteiger partial charge < -0.3 is 16.0 Å². The van der Waals surface area contributed by atoms with Crippen LogP contribution in [0.1, 0.15) is 72.6 Å². The van der Waals surface area contributed by atoms with E-state index in [9.17, 15) is 4.79 Å². The van der Waals surface area contributed by atoms with Crippen LogP contribution < -0.4 is 11.1 Å². The molecule has 3 N–H and O–H groups in total. The van der Waals surface area contributed by atoms with Crippen molar-refractivity contribution in [2.24, 2.45) is 17.1 Å². The fraction of sp³-hybridized carbons (Fsp3) is 0.842. The van der Waals surface area contributed by atoms with Crippen LogP contribution in [0.2, 0.25) is 0 Å². The summed E-state index contributed by atoms with van der Waals surface area (Å²) >= 11 is 0. The molecule has 1 saturated carbocycles. The monoisotopic (exact) mass is 321 g/mol. The lowest BCUT2D eigenvalue weighted by molar-refractivity contribution is -0.136. The summed E-state index contributed by atoms with van der Waals surface area (Å²) in [6, 6.07) is 0.138. The maximum absolute atomic E-state index is 13.0. The van der Waals surface area contributed by atoms with E-state index < -0.39 is 0 Å². The lowest BCUT2D eigenvalue weighted by atomic mass is 9.85. The highest BCUT2D eigenvalue weighted by atomic mass is 16.2. The van der Waals surface area contributed by atoms with E-state index in [0.717, 1.165) is 25.1 Å². The first kappa shape index (κ1) is 18.2. The Labute approximate surface area is 141 Å². The Kier molecular flexibility index (Phi) is 5.99. The number of nitrogens with two attached hydrogens (primary N) is 1. The number of nitrogens with zero attached hydrogens (tertiary/aromatic N) is 1. The number of hydrogen-bond donors (Lipinski definition) is 2. The fourth-order valence-electron chi connectivity index (χ4n) is 3.85. The summed E-state index contributed by atoms with van der Waals surface area (Å²) in [5.74, 6) is 0.702. The van der Waals surface area contributed by atoms with Gasteiger partial charge in [0.1, 0.15) is 6.04 Å². The fourth-order valence-corrected chi connectivity index (χ4v) is 3.85. The molecule has 2 aliphatic rings. The third-order valence-corrected chi connectivity index (χ3v) is 5.44. The molecule has 0 radical (unpaired) electrons. The molecule has 0 spiro atoms.